The highest BCUT2D eigenvalue weighted by Gasteiger charge is 2.16. The number of aryl methyl sites for hydroxylation is 1. The highest BCUT2D eigenvalue weighted by Crippen LogP contribution is 2.19. The van der Waals surface area contributed by atoms with Gasteiger partial charge in [-0.2, -0.15) is 0 Å². The summed E-state index contributed by atoms with van der Waals surface area (Å²) in [6.07, 6.45) is 6.69. The van der Waals surface area contributed by atoms with E-state index in [1.54, 1.807) is 0 Å². The van der Waals surface area contributed by atoms with Crippen LogP contribution in [-0.2, 0) is 19.4 Å². The van der Waals surface area contributed by atoms with Crippen LogP contribution in [0.25, 0.3) is 0 Å². The number of aromatic nitrogens is 2. The molecule has 0 radical (unpaired) electrons. The Hall–Kier alpha value is -0.870. The smallest absolute Gasteiger partial charge is 0.0952 e. The van der Waals surface area contributed by atoms with Crippen LogP contribution < -0.4 is 5.32 Å². The zero-order chi connectivity index (χ0) is 10.7. The van der Waals surface area contributed by atoms with Gasteiger partial charge in [0.05, 0.1) is 18.6 Å². The average molecular weight is 209 g/mol. The van der Waals surface area contributed by atoms with Gasteiger partial charge in [0.15, 0.2) is 0 Å². The van der Waals surface area contributed by atoms with Crippen LogP contribution in [0.3, 0.4) is 0 Å². The molecule has 4 nitrogen and oxygen atoms in total. The molecule has 4 heteroatoms. The number of imidazole rings is 1. The van der Waals surface area contributed by atoms with Crippen LogP contribution in [0.2, 0.25) is 0 Å². The molecule has 0 saturated heterocycles. The lowest BCUT2D eigenvalue weighted by Crippen LogP contribution is -2.34. The van der Waals surface area contributed by atoms with Gasteiger partial charge in [0.1, 0.15) is 0 Å². The van der Waals surface area contributed by atoms with E-state index in [9.17, 15) is 0 Å². The predicted octanol–water partition coefficient (Wildman–Crippen LogP) is 0.342. The zero-order valence-corrected chi connectivity index (χ0v) is 9.24. The fraction of sp³-hybridized carbons (Fsp3) is 0.727. The molecule has 0 fully saturated rings. The van der Waals surface area contributed by atoms with E-state index in [-0.39, 0.29) is 12.6 Å². The summed E-state index contributed by atoms with van der Waals surface area (Å²) in [5.41, 5.74) is 2.63. The van der Waals surface area contributed by atoms with E-state index in [0.717, 1.165) is 19.4 Å². The molecule has 0 spiro atoms. The van der Waals surface area contributed by atoms with Crippen LogP contribution >= 0.6 is 0 Å². The summed E-state index contributed by atoms with van der Waals surface area (Å²) in [6.45, 7) is 0.985. The van der Waals surface area contributed by atoms with E-state index >= 15 is 0 Å². The molecule has 1 aliphatic rings. The van der Waals surface area contributed by atoms with E-state index < -0.39 is 0 Å². The van der Waals surface area contributed by atoms with Crippen molar-refractivity contribution in [2.75, 3.05) is 13.7 Å². The maximum Gasteiger partial charge on any atom is 0.0952 e. The fourth-order valence-corrected chi connectivity index (χ4v) is 2.17. The monoisotopic (exact) mass is 209 g/mol. The molecular weight excluding hydrogens is 190 g/mol. The van der Waals surface area contributed by atoms with Crippen LogP contribution in [0.5, 0.6) is 0 Å². The molecule has 2 rings (SSSR count). The van der Waals surface area contributed by atoms with Crippen molar-refractivity contribution >= 4 is 0 Å². The maximum atomic E-state index is 9.13. The third-order valence-electron chi connectivity index (χ3n) is 3.16. The van der Waals surface area contributed by atoms with Crippen LogP contribution in [0.15, 0.2) is 6.33 Å². The fourth-order valence-electron chi connectivity index (χ4n) is 2.17. The van der Waals surface area contributed by atoms with E-state index in [1.165, 1.54) is 24.2 Å². The van der Waals surface area contributed by atoms with Gasteiger partial charge in [0, 0.05) is 18.3 Å². The second-order valence-electron chi connectivity index (χ2n) is 4.17. The third-order valence-corrected chi connectivity index (χ3v) is 3.16. The minimum absolute atomic E-state index is 0.130. The molecule has 1 aliphatic carbocycles. The molecule has 1 unspecified atom stereocenters. The first-order valence-electron chi connectivity index (χ1n) is 5.66. The summed E-state index contributed by atoms with van der Waals surface area (Å²) in [7, 11) is 1.88. The highest BCUT2D eigenvalue weighted by atomic mass is 16.3. The molecule has 1 aromatic heterocycles. The lowest BCUT2D eigenvalue weighted by Gasteiger charge is -2.18. The summed E-state index contributed by atoms with van der Waals surface area (Å²) in [6, 6.07) is 0.130. The summed E-state index contributed by atoms with van der Waals surface area (Å²) >= 11 is 0. The molecule has 1 heterocycles. The van der Waals surface area contributed by atoms with Crippen molar-refractivity contribution in [2.45, 2.75) is 38.3 Å². The van der Waals surface area contributed by atoms with E-state index in [1.807, 2.05) is 13.4 Å². The lowest BCUT2D eigenvalue weighted by atomic mass is 10.0. The Balaban J connectivity index is 2.11. The SMILES string of the molecule is CNC(CO)Cn1cnc2c1CCCC2. The standard InChI is InChI=1S/C11H19N3O/c1-12-9(7-15)6-14-8-13-10-4-2-3-5-11(10)14/h8-9,12,15H,2-7H2,1H3. The van der Waals surface area contributed by atoms with Crippen LogP contribution in [0.4, 0.5) is 0 Å². The topological polar surface area (TPSA) is 50.1 Å². The maximum absolute atomic E-state index is 9.13. The molecule has 1 aromatic rings. The quantitative estimate of drug-likeness (QED) is 0.752. The number of likely N-dealkylation sites (N-methyl/N-ethyl adjacent to an activating group) is 1. The number of rotatable bonds is 4. The second-order valence-corrected chi connectivity index (χ2v) is 4.17. The van der Waals surface area contributed by atoms with Gasteiger partial charge in [-0.25, -0.2) is 4.98 Å². The van der Waals surface area contributed by atoms with Gasteiger partial charge in [0.25, 0.3) is 0 Å². The molecule has 0 saturated carbocycles. The van der Waals surface area contributed by atoms with Gasteiger partial charge in [-0.1, -0.05) is 0 Å². The molecule has 1 atom stereocenters. The van der Waals surface area contributed by atoms with Crippen molar-refractivity contribution in [3.63, 3.8) is 0 Å². The first kappa shape index (κ1) is 10.6. The molecule has 0 amide bonds. The number of fused-ring (bicyclic) bond motifs is 1. The van der Waals surface area contributed by atoms with Gasteiger partial charge in [-0.3, -0.25) is 0 Å². The lowest BCUT2D eigenvalue weighted by molar-refractivity contribution is 0.234. The van der Waals surface area contributed by atoms with Gasteiger partial charge < -0.3 is 15.0 Å². The number of aliphatic hydroxyl groups is 1. The molecule has 2 N–H and O–H groups in total. The first-order valence-corrected chi connectivity index (χ1v) is 5.66. The van der Waals surface area contributed by atoms with E-state index in [4.69, 9.17) is 5.11 Å². The van der Waals surface area contributed by atoms with Crippen molar-refractivity contribution in [3.8, 4) is 0 Å². The van der Waals surface area contributed by atoms with Gasteiger partial charge in [-0.15, -0.1) is 0 Å². The van der Waals surface area contributed by atoms with Crippen molar-refractivity contribution in [1.29, 1.82) is 0 Å². The number of hydrogen-bond acceptors (Lipinski definition) is 3. The number of aliphatic hydroxyl groups excluding tert-OH is 1. The molecular formula is C11H19N3O. The summed E-state index contributed by atoms with van der Waals surface area (Å²) in [5, 5.41) is 12.2. The minimum atomic E-state index is 0.130. The Morgan fingerprint density at radius 3 is 3.07 bits per heavy atom. The molecule has 15 heavy (non-hydrogen) atoms. The largest absolute Gasteiger partial charge is 0.395 e. The summed E-state index contributed by atoms with van der Waals surface area (Å²) in [5.74, 6) is 0. The minimum Gasteiger partial charge on any atom is -0.395 e. The average Bonchev–Trinajstić information content (AvgIpc) is 2.69. The molecule has 0 aromatic carbocycles. The number of hydrogen-bond donors (Lipinski definition) is 2. The Labute approximate surface area is 90.3 Å². The van der Waals surface area contributed by atoms with Gasteiger partial charge in [-0.05, 0) is 32.7 Å². The van der Waals surface area contributed by atoms with Crippen molar-refractivity contribution in [1.82, 2.24) is 14.9 Å². The highest BCUT2D eigenvalue weighted by molar-refractivity contribution is 5.16. The van der Waals surface area contributed by atoms with Crippen molar-refractivity contribution in [3.05, 3.63) is 17.7 Å². The summed E-state index contributed by atoms with van der Waals surface area (Å²) in [4.78, 5) is 4.43. The molecule has 0 aliphatic heterocycles. The molecule has 84 valence electrons. The Morgan fingerprint density at radius 1 is 1.53 bits per heavy atom. The first-order chi connectivity index (χ1) is 7.35. The Morgan fingerprint density at radius 2 is 2.33 bits per heavy atom. The number of nitrogens with zero attached hydrogens (tertiary/aromatic N) is 2. The van der Waals surface area contributed by atoms with Gasteiger partial charge >= 0.3 is 0 Å². The van der Waals surface area contributed by atoms with E-state index in [0.29, 0.717) is 0 Å². The predicted molar refractivity (Wildman–Crippen MR) is 58.8 cm³/mol. The normalized spacial score (nSPS) is 17.5. The van der Waals surface area contributed by atoms with Crippen LogP contribution in [0, 0.1) is 0 Å². The van der Waals surface area contributed by atoms with Crippen molar-refractivity contribution < 1.29 is 5.11 Å². The van der Waals surface area contributed by atoms with Crippen LogP contribution in [0.1, 0.15) is 24.2 Å². The Kier molecular flexibility index (Phi) is 3.38. The zero-order valence-electron chi connectivity index (χ0n) is 9.24. The van der Waals surface area contributed by atoms with E-state index in [2.05, 4.69) is 14.9 Å². The van der Waals surface area contributed by atoms with Crippen LogP contribution in [-0.4, -0.2) is 34.4 Å². The summed E-state index contributed by atoms with van der Waals surface area (Å²) < 4.78 is 2.19. The second kappa shape index (κ2) is 4.77. The Bertz CT molecular complexity index is 318. The van der Waals surface area contributed by atoms with Crippen molar-refractivity contribution in [2.24, 2.45) is 0 Å². The third kappa shape index (κ3) is 2.21. The number of nitrogens with one attached hydrogen (secondary N) is 1. The molecule has 0 bridgehead atoms. The van der Waals surface area contributed by atoms with Gasteiger partial charge in [0.2, 0.25) is 0 Å².